The maximum Gasteiger partial charge on any atom is 0.252 e. The molecule has 15 rings (SSSR count). The molecule has 0 spiro atoms. The molecule has 11 aromatic carbocycles. The first-order valence-electron chi connectivity index (χ1n) is 23.8. The third-order valence-electron chi connectivity index (χ3n) is 16.1. The van der Waals surface area contributed by atoms with E-state index in [4.69, 9.17) is 0 Å². The Morgan fingerprint density at radius 3 is 1.06 bits per heavy atom. The van der Waals surface area contributed by atoms with Crippen molar-refractivity contribution in [1.82, 2.24) is 0 Å². The molecule has 0 saturated carbocycles. The maximum atomic E-state index is 2.70. The van der Waals surface area contributed by atoms with Crippen molar-refractivity contribution < 1.29 is 0 Å². The fourth-order valence-corrected chi connectivity index (χ4v) is 13.5. The summed E-state index contributed by atoms with van der Waals surface area (Å²) in [5.41, 5.74) is 21.3. The van der Waals surface area contributed by atoms with Crippen LogP contribution in [0, 0.1) is 13.8 Å². The molecule has 0 fully saturated rings. The van der Waals surface area contributed by atoms with Crippen molar-refractivity contribution in [3.8, 4) is 0 Å². The first kappa shape index (κ1) is 36.0. The quantitative estimate of drug-likeness (QED) is 0.127. The molecule has 3 heteroatoms. The summed E-state index contributed by atoms with van der Waals surface area (Å²) >= 11 is 0. The molecule has 0 atom stereocenters. The lowest BCUT2D eigenvalue weighted by molar-refractivity contribution is 0.908. The zero-order valence-electron chi connectivity index (χ0n) is 36.8. The van der Waals surface area contributed by atoms with E-state index in [1.807, 2.05) is 0 Å². The molecular formula is C62H45BN2. The van der Waals surface area contributed by atoms with E-state index in [2.05, 4.69) is 187 Å². The van der Waals surface area contributed by atoms with Gasteiger partial charge in [-0.3, -0.25) is 0 Å². The van der Waals surface area contributed by atoms with E-state index in [0.717, 1.165) is 25.7 Å². The number of nitrogens with zero attached hydrogens (tertiary/aromatic N) is 2. The van der Waals surface area contributed by atoms with Crippen LogP contribution < -0.4 is 26.2 Å². The molecule has 65 heavy (non-hydrogen) atoms. The third kappa shape index (κ3) is 4.75. The normalized spacial score (nSPS) is 14.8. The molecule has 0 aromatic heterocycles. The van der Waals surface area contributed by atoms with Gasteiger partial charge in [-0.1, -0.05) is 127 Å². The number of hydrogen-bond donors (Lipinski definition) is 0. The molecule has 2 aliphatic heterocycles. The monoisotopic (exact) mass is 828 g/mol. The molecule has 0 N–H and O–H groups in total. The second-order valence-corrected chi connectivity index (χ2v) is 19.3. The summed E-state index contributed by atoms with van der Waals surface area (Å²) in [6.45, 7) is 4.89. The van der Waals surface area contributed by atoms with Gasteiger partial charge < -0.3 is 9.80 Å². The predicted octanol–water partition coefficient (Wildman–Crippen LogP) is 14.3. The van der Waals surface area contributed by atoms with E-state index in [9.17, 15) is 0 Å². The van der Waals surface area contributed by atoms with Gasteiger partial charge in [0.2, 0.25) is 0 Å². The van der Waals surface area contributed by atoms with Crippen molar-refractivity contribution in [1.29, 1.82) is 0 Å². The predicted molar refractivity (Wildman–Crippen MR) is 279 cm³/mol. The number of aryl methyl sites for hydroxylation is 2. The number of benzene rings is 11. The molecule has 4 aliphatic rings. The SMILES string of the molecule is Cc1cc2c(c3c1CCC3)N(c1ccc3c4ccccc4c4ccccc4c3c1)c1cccc3c1B2c1cc(C)c2c(c1N3c1ccc3c4ccccc4c4ccccc4c3c1)CCC2. The fourth-order valence-electron chi connectivity index (χ4n) is 13.5. The molecule has 0 bridgehead atoms. The molecule has 0 unspecified atom stereocenters. The van der Waals surface area contributed by atoms with Gasteiger partial charge in [-0.25, -0.2) is 0 Å². The first-order chi connectivity index (χ1) is 32.1. The standard InChI is InChI=1S/C62H45BN2/c1-36-32-56-61(52-24-11-22-40(36)52)64(38-28-30-50-46-18-5-3-14-42(46)44-16-7-9-20-48(44)54(50)34-38)58-26-13-27-59-60(58)63(56)57-33-37(2)41-23-12-25-53(41)62(57)65(59)39-29-31-51-47-19-6-4-15-43(47)45-17-8-10-21-49(45)55(51)35-39/h3-10,13-21,26-35H,11-12,22-25H2,1-2H3. The van der Waals surface area contributed by atoms with Gasteiger partial charge in [-0.2, -0.15) is 0 Å². The molecule has 11 aromatic rings. The summed E-state index contributed by atoms with van der Waals surface area (Å²) in [7, 11) is 0. The average Bonchev–Trinajstić information content (AvgIpc) is 4.07. The Balaban J connectivity index is 1.05. The lowest BCUT2D eigenvalue weighted by Crippen LogP contribution is -2.62. The van der Waals surface area contributed by atoms with Crippen LogP contribution in [-0.2, 0) is 25.7 Å². The molecular weight excluding hydrogens is 784 g/mol. The van der Waals surface area contributed by atoms with Crippen LogP contribution >= 0.6 is 0 Å². The number of anilines is 6. The highest BCUT2D eigenvalue weighted by atomic mass is 15.2. The zero-order valence-corrected chi connectivity index (χ0v) is 36.8. The lowest BCUT2D eigenvalue weighted by atomic mass is 9.33. The van der Waals surface area contributed by atoms with E-state index < -0.39 is 0 Å². The van der Waals surface area contributed by atoms with Crippen molar-refractivity contribution in [2.45, 2.75) is 52.4 Å². The molecule has 0 radical (unpaired) electrons. The molecule has 2 aliphatic carbocycles. The molecule has 306 valence electrons. The average molecular weight is 829 g/mol. The van der Waals surface area contributed by atoms with Gasteiger partial charge in [-0.05, 0) is 203 Å². The molecule has 0 saturated heterocycles. The summed E-state index contributed by atoms with van der Waals surface area (Å²) in [5, 5.41) is 15.7. The van der Waals surface area contributed by atoms with Crippen molar-refractivity contribution in [2.24, 2.45) is 0 Å². The van der Waals surface area contributed by atoms with E-state index in [1.54, 1.807) is 22.3 Å². The lowest BCUT2D eigenvalue weighted by Gasteiger charge is -2.46. The Morgan fingerprint density at radius 2 is 0.677 bits per heavy atom. The fraction of sp³-hybridized carbons (Fsp3) is 0.129. The van der Waals surface area contributed by atoms with Crippen LogP contribution in [0.3, 0.4) is 0 Å². The number of hydrogen-bond acceptors (Lipinski definition) is 2. The largest absolute Gasteiger partial charge is 0.311 e. The highest BCUT2D eigenvalue weighted by Crippen LogP contribution is 2.51. The van der Waals surface area contributed by atoms with Gasteiger partial charge >= 0.3 is 0 Å². The Kier molecular flexibility index (Phi) is 7.27. The van der Waals surface area contributed by atoms with E-state index in [1.165, 1.54) is 139 Å². The van der Waals surface area contributed by atoms with Gasteiger partial charge in [0.1, 0.15) is 0 Å². The van der Waals surface area contributed by atoms with Crippen molar-refractivity contribution in [3.63, 3.8) is 0 Å². The zero-order chi connectivity index (χ0) is 42.7. The molecule has 2 nitrogen and oxygen atoms in total. The van der Waals surface area contributed by atoms with E-state index >= 15 is 0 Å². The second-order valence-electron chi connectivity index (χ2n) is 19.3. The summed E-state index contributed by atoms with van der Waals surface area (Å²) in [5.74, 6) is 0. The summed E-state index contributed by atoms with van der Waals surface area (Å²) in [6.07, 6.45) is 6.93. The van der Waals surface area contributed by atoms with Crippen LogP contribution in [0.2, 0.25) is 0 Å². The van der Waals surface area contributed by atoms with E-state index in [-0.39, 0.29) is 6.71 Å². The van der Waals surface area contributed by atoms with Crippen LogP contribution in [-0.4, -0.2) is 6.71 Å². The minimum absolute atomic E-state index is 0.114. The Labute approximate surface area is 379 Å². The Hall–Kier alpha value is -7.36. The highest BCUT2D eigenvalue weighted by molar-refractivity contribution is 7.00. The van der Waals surface area contributed by atoms with Gasteiger partial charge in [0.05, 0.1) is 0 Å². The van der Waals surface area contributed by atoms with Gasteiger partial charge in [-0.15, -0.1) is 0 Å². The van der Waals surface area contributed by atoms with Crippen molar-refractivity contribution >= 4 is 122 Å². The smallest absolute Gasteiger partial charge is 0.252 e. The number of fused-ring (bicyclic) bond motifs is 20. The van der Waals surface area contributed by atoms with Crippen molar-refractivity contribution in [2.75, 3.05) is 9.80 Å². The topological polar surface area (TPSA) is 6.48 Å². The first-order valence-corrected chi connectivity index (χ1v) is 23.8. The minimum atomic E-state index is 0.114. The summed E-state index contributed by atoms with van der Waals surface area (Å²) in [6, 6.07) is 63.0. The van der Waals surface area contributed by atoms with Crippen LogP contribution in [0.5, 0.6) is 0 Å². The van der Waals surface area contributed by atoms with Gasteiger partial charge in [0.25, 0.3) is 6.71 Å². The minimum Gasteiger partial charge on any atom is -0.311 e. The number of rotatable bonds is 2. The molecule has 2 heterocycles. The van der Waals surface area contributed by atoms with Crippen molar-refractivity contribution in [3.05, 3.63) is 197 Å². The van der Waals surface area contributed by atoms with Crippen LogP contribution in [0.4, 0.5) is 34.1 Å². The van der Waals surface area contributed by atoms with Crippen LogP contribution in [0.25, 0.3) is 64.6 Å². The Bertz CT molecular complexity index is 3630. The molecule has 0 amide bonds. The van der Waals surface area contributed by atoms with Gasteiger partial charge in [0.15, 0.2) is 0 Å². The maximum absolute atomic E-state index is 2.70. The van der Waals surface area contributed by atoms with Crippen LogP contribution in [0.1, 0.15) is 46.2 Å². The van der Waals surface area contributed by atoms with E-state index in [0.29, 0.717) is 0 Å². The summed E-state index contributed by atoms with van der Waals surface area (Å²) < 4.78 is 0. The van der Waals surface area contributed by atoms with Gasteiger partial charge in [0, 0.05) is 34.1 Å². The summed E-state index contributed by atoms with van der Waals surface area (Å²) in [4.78, 5) is 5.39. The highest BCUT2D eigenvalue weighted by Gasteiger charge is 2.46. The third-order valence-corrected chi connectivity index (χ3v) is 16.1. The van der Waals surface area contributed by atoms with Crippen LogP contribution in [0.15, 0.2) is 164 Å². The second kappa shape index (κ2) is 13.1. The Morgan fingerprint density at radius 1 is 0.338 bits per heavy atom.